The van der Waals surface area contributed by atoms with E-state index in [1.807, 2.05) is 11.8 Å². The van der Waals surface area contributed by atoms with Gasteiger partial charge in [0.25, 0.3) is 11.6 Å². The Morgan fingerprint density at radius 2 is 2.10 bits per heavy atom. The predicted octanol–water partition coefficient (Wildman–Crippen LogP) is 2.71. The molecule has 0 saturated carbocycles. The zero-order valence-corrected chi connectivity index (χ0v) is 16.4. The van der Waals surface area contributed by atoms with Crippen LogP contribution in [0.4, 0.5) is 0 Å². The van der Waals surface area contributed by atoms with Crippen LogP contribution >= 0.6 is 0 Å². The Hall–Kier alpha value is -2.74. The van der Waals surface area contributed by atoms with Gasteiger partial charge < -0.3 is 18.6 Å². The summed E-state index contributed by atoms with van der Waals surface area (Å²) in [6, 6.07) is 0. The van der Waals surface area contributed by atoms with Crippen LogP contribution in [0.2, 0.25) is 0 Å². The Labute approximate surface area is 167 Å². The number of hydrogen-bond acceptors (Lipinski definition) is 7. The first-order valence-corrected chi connectivity index (χ1v) is 10.3. The number of hydrogen-bond donors (Lipinski definition) is 0. The maximum absolute atomic E-state index is 13.6. The molecule has 0 radical (unpaired) electrons. The van der Waals surface area contributed by atoms with Crippen molar-refractivity contribution in [3.8, 4) is 0 Å². The fourth-order valence-electron chi connectivity index (χ4n) is 4.81. The molecule has 0 N–H and O–H groups in total. The number of ether oxygens (including phenoxy) is 1. The van der Waals surface area contributed by atoms with E-state index < -0.39 is 0 Å². The van der Waals surface area contributed by atoms with Crippen LogP contribution in [-0.2, 0) is 30.5 Å². The minimum absolute atomic E-state index is 0.0150. The van der Waals surface area contributed by atoms with Crippen LogP contribution in [0.3, 0.4) is 0 Å². The van der Waals surface area contributed by atoms with Gasteiger partial charge in [-0.05, 0) is 38.2 Å². The molecule has 1 amide bonds. The number of fused-ring (bicyclic) bond motifs is 3. The normalized spacial score (nSPS) is 21.0. The van der Waals surface area contributed by atoms with Crippen molar-refractivity contribution in [2.24, 2.45) is 0 Å². The Balaban J connectivity index is 1.36. The number of nitrogens with zero attached hydrogens (tertiary/aromatic N) is 4. The van der Waals surface area contributed by atoms with Crippen molar-refractivity contribution < 1.29 is 18.5 Å². The van der Waals surface area contributed by atoms with Crippen molar-refractivity contribution in [1.82, 2.24) is 20.0 Å². The van der Waals surface area contributed by atoms with Gasteiger partial charge in [-0.3, -0.25) is 4.79 Å². The van der Waals surface area contributed by atoms with E-state index in [9.17, 15) is 4.79 Å². The first-order valence-electron chi connectivity index (χ1n) is 10.3. The lowest BCUT2D eigenvalue weighted by atomic mass is 10.0. The average molecular weight is 394 g/mol. The van der Waals surface area contributed by atoms with Crippen molar-refractivity contribution in [3.05, 3.63) is 39.9 Å². The highest BCUT2D eigenvalue weighted by Gasteiger charge is 2.33. The van der Waals surface area contributed by atoms with Gasteiger partial charge in [-0.25, -0.2) is 9.97 Å². The van der Waals surface area contributed by atoms with Gasteiger partial charge in [0.05, 0.1) is 35.7 Å². The third kappa shape index (κ3) is 2.62. The van der Waals surface area contributed by atoms with Gasteiger partial charge in [-0.15, -0.1) is 0 Å². The van der Waals surface area contributed by atoms with Crippen LogP contribution in [0.1, 0.15) is 63.4 Å². The first-order chi connectivity index (χ1) is 14.2. The summed E-state index contributed by atoms with van der Waals surface area (Å²) in [5, 5.41) is 4.82. The third-order valence-corrected chi connectivity index (χ3v) is 6.35. The lowest BCUT2D eigenvalue weighted by Gasteiger charge is -2.26. The molecule has 1 saturated heterocycles. The summed E-state index contributed by atoms with van der Waals surface area (Å²) >= 11 is 0. The van der Waals surface area contributed by atoms with E-state index in [4.69, 9.17) is 18.7 Å². The van der Waals surface area contributed by atoms with Crippen LogP contribution in [0.5, 0.6) is 0 Å². The van der Waals surface area contributed by atoms with E-state index in [0.29, 0.717) is 37.5 Å². The van der Waals surface area contributed by atoms with E-state index in [1.165, 1.54) is 0 Å². The van der Waals surface area contributed by atoms with E-state index >= 15 is 0 Å². The summed E-state index contributed by atoms with van der Waals surface area (Å²) in [4.78, 5) is 24.8. The van der Waals surface area contributed by atoms with Gasteiger partial charge in [-0.1, -0.05) is 5.16 Å². The van der Waals surface area contributed by atoms with Gasteiger partial charge in [0.2, 0.25) is 0 Å². The van der Waals surface area contributed by atoms with E-state index in [-0.39, 0.29) is 11.8 Å². The standard InChI is InChI=1S/C21H22N4O4/c1-11-17-18(13-3-2-4-14(13)22-20(17)29-24-11)21(26)25-7-5-16-15(9-25)23-19(28-16)12-6-8-27-10-12/h12H,2-10H2,1H3. The van der Waals surface area contributed by atoms with E-state index in [2.05, 4.69) is 10.1 Å². The van der Waals surface area contributed by atoms with Crippen LogP contribution in [0.15, 0.2) is 8.94 Å². The third-order valence-electron chi connectivity index (χ3n) is 6.35. The minimum Gasteiger partial charge on any atom is -0.445 e. The Kier molecular flexibility index (Phi) is 3.77. The number of aryl methyl sites for hydroxylation is 2. The second kappa shape index (κ2) is 6.38. The van der Waals surface area contributed by atoms with Crippen molar-refractivity contribution >= 4 is 17.0 Å². The molecule has 1 aliphatic carbocycles. The molecule has 1 unspecified atom stereocenters. The quantitative estimate of drug-likeness (QED) is 0.659. The molecule has 3 aliphatic rings. The number of rotatable bonds is 2. The largest absolute Gasteiger partial charge is 0.445 e. The molecular weight excluding hydrogens is 372 g/mol. The van der Waals surface area contributed by atoms with Crippen LogP contribution in [0.25, 0.3) is 11.1 Å². The second-order valence-corrected chi connectivity index (χ2v) is 8.17. The van der Waals surface area contributed by atoms with E-state index in [0.717, 1.165) is 71.8 Å². The maximum Gasteiger partial charge on any atom is 0.259 e. The topological polar surface area (TPSA) is 94.5 Å². The molecule has 1 fully saturated rings. The van der Waals surface area contributed by atoms with Gasteiger partial charge in [0, 0.05) is 25.3 Å². The van der Waals surface area contributed by atoms with Crippen molar-refractivity contribution in [3.63, 3.8) is 0 Å². The van der Waals surface area contributed by atoms with Gasteiger partial charge in [-0.2, -0.15) is 0 Å². The van der Waals surface area contributed by atoms with Crippen LogP contribution in [-0.4, -0.2) is 45.7 Å². The smallest absolute Gasteiger partial charge is 0.259 e. The molecule has 150 valence electrons. The molecule has 8 heteroatoms. The molecule has 0 bridgehead atoms. The highest BCUT2D eigenvalue weighted by atomic mass is 16.5. The first kappa shape index (κ1) is 17.1. The number of pyridine rings is 1. The summed E-state index contributed by atoms with van der Waals surface area (Å²) in [6.45, 7) is 4.37. The minimum atomic E-state index is 0.0150. The average Bonchev–Trinajstić information content (AvgIpc) is 3.51. The molecular formula is C21H22N4O4. The van der Waals surface area contributed by atoms with Crippen molar-refractivity contribution in [1.29, 1.82) is 0 Å². The number of aromatic nitrogens is 3. The number of carbonyl (C=O) groups is 1. The summed E-state index contributed by atoms with van der Waals surface area (Å²) in [5.41, 5.74) is 4.80. The van der Waals surface area contributed by atoms with Crippen molar-refractivity contribution in [2.75, 3.05) is 19.8 Å². The highest BCUT2D eigenvalue weighted by molar-refractivity contribution is 6.07. The molecule has 3 aromatic rings. The second-order valence-electron chi connectivity index (χ2n) is 8.17. The number of carbonyl (C=O) groups excluding carboxylic acids is 1. The maximum atomic E-state index is 13.6. The monoisotopic (exact) mass is 394 g/mol. The number of oxazole rings is 1. The molecule has 29 heavy (non-hydrogen) atoms. The Morgan fingerprint density at radius 1 is 1.17 bits per heavy atom. The summed E-state index contributed by atoms with van der Waals surface area (Å²) in [6.07, 6.45) is 4.39. The van der Waals surface area contributed by atoms with Crippen LogP contribution in [0, 0.1) is 6.92 Å². The van der Waals surface area contributed by atoms with E-state index in [1.54, 1.807) is 0 Å². The molecule has 8 nitrogen and oxygen atoms in total. The van der Waals surface area contributed by atoms with Gasteiger partial charge in [0.15, 0.2) is 5.89 Å². The van der Waals surface area contributed by atoms with Crippen molar-refractivity contribution in [2.45, 2.75) is 51.5 Å². The highest BCUT2D eigenvalue weighted by Crippen LogP contribution is 2.34. The molecule has 0 aromatic carbocycles. The molecule has 5 heterocycles. The fourth-order valence-corrected chi connectivity index (χ4v) is 4.81. The zero-order valence-electron chi connectivity index (χ0n) is 16.4. The summed E-state index contributed by atoms with van der Waals surface area (Å²) in [5.74, 6) is 1.90. The SMILES string of the molecule is Cc1noc2nc3c(c(C(=O)N4CCc5oc(C6CCOC6)nc5C4)c12)CCC3. The zero-order chi connectivity index (χ0) is 19.5. The van der Waals surface area contributed by atoms with Gasteiger partial charge in [0.1, 0.15) is 11.5 Å². The molecule has 0 spiro atoms. The molecule has 3 aromatic heterocycles. The lowest BCUT2D eigenvalue weighted by molar-refractivity contribution is 0.0728. The lowest BCUT2D eigenvalue weighted by Crippen LogP contribution is -2.36. The Bertz CT molecular complexity index is 1130. The predicted molar refractivity (Wildman–Crippen MR) is 102 cm³/mol. The fraction of sp³-hybridized carbons (Fsp3) is 0.524. The van der Waals surface area contributed by atoms with Gasteiger partial charge >= 0.3 is 0 Å². The molecule has 2 aliphatic heterocycles. The Morgan fingerprint density at radius 3 is 2.97 bits per heavy atom. The number of amides is 1. The molecule has 6 rings (SSSR count). The summed E-state index contributed by atoms with van der Waals surface area (Å²) in [7, 11) is 0. The molecule has 1 atom stereocenters. The summed E-state index contributed by atoms with van der Waals surface area (Å²) < 4.78 is 16.9. The van der Waals surface area contributed by atoms with Crippen LogP contribution < -0.4 is 0 Å².